The number of carboxylic acids is 1. The van der Waals surface area contributed by atoms with Gasteiger partial charge >= 0.3 is 5.97 Å². The van der Waals surface area contributed by atoms with Crippen molar-refractivity contribution in [3.8, 4) is 0 Å². The van der Waals surface area contributed by atoms with Gasteiger partial charge in [0.2, 0.25) is 0 Å². The summed E-state index contributed by atoms with van der Waals surface area (Å²) in [5.74, 6) is -0.832. The van der Waals surface area contributed by atoms with E-state index in [0.717, 1.165) is 19.5 Å². The van der Waals surface area contributed by atoms with Crippen molar-refractivity contribution in [1.29, 1.82) is 0 Å². The van der Waals surface area contributed by atoms with Crippen LogP contribution in [0.2, 0.25) is 0 Å². The van der Waals surface area contributed by atoms with E-state index in [1.54, 1.807) is 13.0 Å². The average Bonchev–Trinajstić information content (AvgIpc) is 1.97. The van der Waals surface area contributed by atoms with Gasteiger partial charge in [-0.1, -0.05) is 13.0 Å². The van der Waals surface area contributed by atoms with Gasteiger partial charge in [-0.15, -0.1) is 0 Å². The molecule has 0 atom stereocenters. The van der Waals surface area contributed by atoms with Crippen LogP contribution in [0.3, 0.4) is 0 Å². The fourth-order valence-corrected chi connectivity index (χ4v) is 0.655. The van der Waals surface area contributed by atoms with Crippen LogP contribution in [0.25, 0.3) is 0 Å². The molecule has 0 aliphatic heterocycles. The SMILES string of the molecule is CCNCCC=C(C)C(=O)O. The zero-order valence-electron chi connectivity index (χ0n) is 7.05. The number of nitrogens with one attached hydrogen (secondary N) is 1. The van der Waals surface area contributed by atoms with E-state index in [1.165, 1.54) is 0 Å². The summed E-state index contributed by atoms with van der Waals surface area (Å²) < 4.78 is 0. The number of carboxylic acid groups (broad SMARTS) is 1. The Kier molecular flexibility index (Phi) is 5.47. The Bertz CT molecular complexity index is 152. The van der Waals surface area contributed by atoms with Gasteiger partial charge in [0.15, 0.2) is 0 Å². The highest BCUT2D eigenvalue weighted by molar-refractivity contribution is 5.85. The maximum absolute atomic E-state index is 10.3. The molecule has 0 bridgehead atoms. The van der Waals surface area contributed by atoms with Crippen molar-refractivity contribution < 1.29 is 9.90 Å². The molecule has 0 aliphatic carbocycles. The topological polar surface area (TPSA) is 49.3 Å². The van der Waals surface area contributed by atoms with E-state index in [1.807, 2.05) is 6.92 Å². The molecule has 0 aliphatic rings. The highest BCUT2D eigenvalue weighted by Gasteiger charge is 1.96. The van der Waals surface area contributed by atoms with E-state index in [4.69, 9.17) is 5.11 Å². The number of rotatable bonds is 5. The molecule has 0 spiro atoms. The van der Waals surface area contributed by atoms with Crippen LogP contribution in [0, 0.1) is 0 Å². The van der Waals surface area contributed by atoms with Gasteiger partial charge in [0.05, 0.1) is 0 Å². The summed E-state index contributed by atoms with van der Waals surface area (Å²) >= 11 is 0. The molecule has 0 saturated heterocycles. The first-order valence-corrected chi connectivity index (χ1v) is 3.79. The molecule has 2 N–H and O–H groups in total. The molecule has 0 aromatic heterocycles. The number of aliphatic carboxylic acids is 1. The van der Waals surface area contributed by atoms with Gasteiger partial charge in [-0.3, -0.25) is 0 Å². The largest absolute Gasteiger partial charge is 0.478 e. The van der Waals surface area contributed by atoms with Gasteiger partial charge in [0.25, 0.3) is 0 Å². The minimum absolute atomic E-state index is 0.419. The summed E-state index contributed by atoms with van der Waals surface area (Å²) in [5.41, 5.74) is 0.419. The first-order chi connectivity index (χ1) is 5.18. The highest BCUT2D eigenvalue weighted by Crippen LogP contribution is 1.93. The van der Waals surface area contributed by atoms with Gasteiger partial charge in [-0.05, 0) is 26.4 Å². The van der Waals surface area contributed by atoms with Crippen molar-refractivity contribution in [1.82, 2.24) is 5.32 Å². The zero-order valence-corrected chi connectivity index (χ0v) is 7.05. The van der Waals surface area contributed by atoms with Crippen LogP contribution in [-0.4, -0.2) is 24.2 Å². The molecule has 0 aromatic carbocycles. The molecule has 0 radical (unpaired) electrons. The van der Waals surface area contributed by atoms with Crippen LogP contribution in [0.5, 0.6) is 0 Å². The monoisotopic (exact) mass is 157 g/mol. The lowest BCUT2D eigenvalue weighted by molar-refractivity contribution is -0.132. The summed E-state index contributed by atoms with van der Waals surface area (Å²) in [4.78, 5) is 10.3. The molecule has 3 nitrogen and oxygen atoms in total. The predicted octanol–water partition coefficient (Wildman–Crippen LogP) is 1.02. The van der Waals surface area contributed by atoms with Gasteiger partial charge in [0, 0.05) is 5.57 Å². The molecular formula is C8H15NO2. The maximum atomic E-state index is 10.3. The summed E-state index contributed by atoms with van der Waals surface area (Å²) in [7, 11) is 0. The van der Waals surface area contributed by atoms with Crippen LogP contribution in [0.15, 0.2) is 11.6 Å². The Morgan fingerprint density at radius 1 is 1.64 bits per heavy atom. The third kappa shape index (κ3) is 5.61. The molecule has 0 rings (SSSR count). The van der Waals surface area contributed by atoms with Gasteiger partial charge in [0.1, 0.15) is 0 Å². The second-order valence-corrected chi connectivity index (χ2v) is 2.33. The average molecular weight is 157 g/mol. The molecule has 0 aromatic rings. The first-order valence-electron chi connectivity index (χ1n) is 3.79. The third-order valence-electron chi connectivity index (χ3n) is 1.36. The van der Waals surface area contributed by atoms with Gasteiger partial charge in [-0.2, -0.15) is 0 Å². The first kappa shape index (κ1) is 10.2. The van der Waals surface area contributed by atoms with Crippen LogP contribution >= 0.6 is 0 Å². The molecular weight excluding hydrogens is 142 g/mol. The van der Waals surface area contributed by atoms with Crippen LogP contribution in [0.1, 0.15) is 20.3 Å². The van der Waals surface area contributed by atoms with Crippen molar-refractivity contribution >= 4 is 5.97 Å². The molecule has 0 heterocycles. The smallest absolute Gasteiger partial charge is 0.330 e. The second kappa shape index (κ2) is 5.92. The Hall–Kier alpha value is -0.830. The minimum atomic E-state index is -0.832. The minimum Gasteiger partial charge on any atom is -0.478 e. The van der Waals surface area contributed by atoms with Crippen LogP contribution < -0.4 is 5.32 Å². The highest BCUT2D eigenvalue weighted by atomic mass is 16.4. The van der Waals surface area contributed by atoms with E-state index in [2.05, 4.69) is 5.32 Å². The molecule has 0 amide bonds. The van der Waals surface area contributed by atoms with Crippen molar-refractivity contribution in [2.45, 2.75) is 20.3 Å². The van der Waals surface area contributed by atoms with E-state index in [0.29, 0.717) is 5.57 Å². The normalized spacial score (nSPS) is 11.6. The van der Waals surface area contributed by atoms with E-state index < -0.39 is 5.97 Å². The molecule has 11 heavy (non-hydrogen) atoms. The van der Waals surface area contributed by atoms with E-state index in [-0.39, 0.29) is 0 Å². The molecule has 0 fully saturated rings. The summed E-state index contributed by atoms with van der Waals surface area (Å²) in [5, 5.41) is 11.6. The fraction of sp³-hybridized carbons (Fsp3) is 0.625. The quantitative estimate of drug-likeness (QED) is 0.462. The number of carbonyl (C=O) groups is 1. The zero-order chi connectivity index (χ0) is 8.69. The van der Waals surface area contributed by atoms with E-state index >= 15 is 0 Å². The Morgan fingerprint density at radius 3 is 2.73 bits per heavy atom. The van der Waals surface area contributed by atoms with Crippen molar-refractivity contribution in [2.75, 3.05) is 13.1 Å². The van der Waals surface area contributed by atoms with Gasteiger partial charge < -0.3 is 10.4 Å². The summed E-state index contributed by atoms with van der Waals surface area (Å²) in [6.45, 7) is 5.41. The van der Waals surface area contributed by atoms with Crippen molar-refractivity contribution in [3.63, 3.8) is 0 Å². The molecule has 0 unspecified atom stereocenters. The predicted molar refractivity (Wildman–Crippen MR) is 44.6 cm³/mol. The second-order valence-electron chi connectivity index (χ2n) is 2.33. The lowest BCUT2D eigenvalue weighted by Gasteiger charge is -1.96. The Morgan fingerprint density at radius 2 is 2.27 bits per heavy atom. The fourth-order valence-electron chi connectivity index (χ4n) is 0.655. The van der Waals surface area contributed by atoms with Crippen LogP contribution in [-0.2, 0) is 4.79 Å². The van der Waals surface area contributed by atoms with Crippen LogP contribution in [0.4, 0.5) is 0 Å². The molecule has 64 valence electrons. The summed E-state index contributed by atoms with van der Waals surface area (Å²) in [6.07, 6.45) is 2.51. The lowest BCUT2D eigenvalue weighted by Crippen LogP contribution is -2.13. The lowest BCUT2D eigenvalue weighted by atomic mass is 10.2. The maximum Gasteiger partial charge on any atom is 0.330 e. The third-order valence-corrected chi connectivity index (χ3v) is 1.36. The number of hydrogen-bond donors (Lipinski definition) is 2. The Labute approximate surface area is 67.1 Å². The van der Waals surface area contributed by atoms with Crippen molar-refractivity contribution in [2.24, 2.45) is 0 Å². The van der Waals surface area contributed by atoms with E-state index in [9.17, 15) is 4.79 Å². The van der Waals surface area contributed by atoms with Gasteiger partial charge in [-0.25, -0.2) is 4.79 Å². The molecule has 0 saturated carbocycles. The van der Waals surface area contributed by atoms with Crippen molar-refractivity contribution in [3.05, 3.63) is 11.6 Å². The standard InChI is InChI=1S/C8H15NO2/c1-3-9-6-4-5-7(2)8(10)11/h5,9H,3-4,6H2,1-2H3,(H,10,11). The number of hydrogen-bond acceptors (Lipinski definition) is 2. The Balaban J connectivity index is 3.48. The molecule has 3 heteroatoms. The summed E-state index contributed by atoms with van der Waals surface area (Å²) in [6, 6.07) is 0.